The third-order valence-corrected chi connectivity index (χ3v) is 4.37. The summed E-state index contributed by atoms with van der Waals surface area (Å²) in [5, 5.41) is 0.542. The first-order valence-corrected chi connectivity index (χ1v) is 8.91. The Labute approximate surface area is 130 Å². The predicted molar refractivity (Wildman–Crippen MR) is 83.7 cm³/mol. The number of sulfone groups is 1. The number of rotatable bonds is 4. The lowest BCUT2D eigenvalue weighted by Gasteiger charge is -2.07. The number of hydrogen-bond donors (Lipinski definition) is 0. The van der Waals surface area contributed by atoms with Crippen LogP contribution in [0.25, 0.3) is 11.0 Å². The Balaban J connectivity index is 2.64. The molecule has 6 heteroatoms. The smallest absolute Gasteiger partial charge is 0.313 e. The van der Waals surface area contributed by atoms with Crippen molar-refractivity contribution in [3.8, 4) is 0 Å². The van der Waals surface area contributed by atoms with Crippen molar-refractivity contribution in [2.45, 2.75) is 45.1 Å². The van der Waals surface area contributed by atoms with Gasteiger partial charge >= 0.3 is 5.97 Å². The summed E-state index contributed by atoms with van der Waals surface area (Å²) in [4.78, 5) is 11.9. The summed E-state index contributed by atoms with van der Waals surface area (Å²) >= 11 is 0. The van der Waals surface area contributed by atoms with Gasteiger partial charge in [-0.05, 0) is 44.9 Å². The minimum atomic E-state index is -3.53. The molecule has 0 fully saturated rings. The van der Waals surface area contributed by atoms with Crippen molar-refractivity contribution in [1.29, 1.82) is 0 Å². The molecule has 0 aliphatic heterocycles. The second-order valence-corrected chi connectivity index (χ2v) is 7.75. The zero-order valence-electron chi connectivity index (χ0n) is 13.4. The Morgan fingerprint density at radius 1 is 1.27 bits per heavy atom. The van der Waals surface area contributed by atoms with E-state index in [0.717, 1.165) is 17.4 Å². The highest BCUT2D eigenvalue weighted by Crippen LogP contribution is 2.33. The molecule has 0 radical (unpaired) electrons. The van der Waals surface area contributed by atoms with Gasteiger partial charge in [0, 0.05) is 11.6 Å². The van der Waals surface area contributed by atoms with Crippen molar-refractivity contribution >= 4 is 26.8 Å². The fraction of sp³-hybridized carbons (Fsp3) is 0.438. The van der Waals surface area contributed by atoms with E-state index in [0.29, 0.717) is 11.0 Å². The molecule has 0 saturated heterocycles. The maximum Gasteiger partial charge on any atom is 0.313 e. The lowest BCUT2D eigenvalue weighted by molar-refractivity contribution is -0.146. The molecule has 0 spiro atoms. The largest absolute Gasteiger partial charge is 0.463 e. The highest BCUT2D eigenvalue weighted by atomic mass is 32.2. The lowest BCUT2D eigenvalue weighted by Crippen LogP contribution is -2.14. The van der Waals surface area contributed by atoms with Gasteiger partial charge in [0.2, 0.25) is 0 Å². The molecule has 2 aromatic rings. The van der Waals surface area contributed by atoms with Crippen LogP contribution in [0.5, 0.6) is 0 Å². The van der Waals surface area contributed by atoms with E-state index in [-0.39, 0.29) is 23.2 Å². The molecule has 0 saturated carbocycles. The van der Waals surface area contributed by atoms with Crippen LogP contribution >= 0.6 is 0 Å². The molecule has 0 aliphatic rings. The van der Waals surface area contributed by atoms with Crippen LogP contribution in [0.15, 0.2) is 21.4 Å². The number of aryl methyl sites for hydroxylation is 2. The van der Waals surface area contributed by atoms with Gasteiger partial charge in [0.1, 0.15) is 22.7 Å². The number of esters is 1. The molecule has 120 valence electrons. The van der Waals surface area contributed by atoms with E-state index in [1.54, 1.807) is 19.9 Å². The van der Waals surface area contributed by atoms with Gasteiger partial charge in [0.25, 0.3) is 0 Å². The minimum Gasteiger partial charge on any atom is -0.463 e. The molecule has 0 amide bonds. The van der Waals surface area contributed by atoms with Crippen LogP contribution < -0.4 is 0 Å². The summed E-state index contributed by atoms with van der Waals surface area (Å²) in [6.45, 7) is 7.21. The van der Waals surface area contributed by atoms with Gasteiger partial charge in [-0.25, -0.2) is 8.42 Å². The number of ether oxygens (including phenoxy) is 1. The molecule has 0 unspecified atom stereocenters. The predicted octanol–water partition coefficient (Wildman–Crippen LogP) is 2.95. The topological polar surface area (TPSA) is 73.6 Å². The standard InChI is InChI=1S/C16H20O5S/c1-9(2)20-14(17)8-13-16(22(5,18)19)15-11(4)6-10(3)7-12(15)21-13/h6-7,9H,8H2,1-5H3. The molecular formula is C16H20O5S. The molecule has 0 atom stereocenters. The molecule has 22 heavy (non-hydrogen) atoms. The monoisotopic (exact) mass is 324 g/mol. The highest BCUT2D eigenvalue weighted by Gasteiger charge is 2.26. The van der Waals surface area contributed by atoms with Crippen molar-refractivity contribution in [2.75, 3.05) is 6.26 Å². The van der Waals surface area contributed by atoms with E-state index in [1.165, 1.54) is 0 Å². The fourth-order valence-corrected chi connectivity index (χ4v) is 3.72. The van der Waals surface area contributed by atoms with Crippen LogP contribution in [0, 0.1) is 13.8 Å². The van der Waals surface area contributed by atoms with Crippen LogP contribution in [0.1, 0.15) is 30.7 Å². The quantitative estimate of drug-likeness (QED) is 0.808. The van der Waals surface area contributed by atoms with E-state index in [1.807, 2.05) is 19.9 Å². The van der Waals surface area contributed by atoms with Crippen molar-refractivity contribution in [2.24, 2.45) is 0 Å². The normalized spacial score (nSPS) is 12.1. The zero-order chi connectivity index (χ0) is 16.7. The Kier molecular flexibility index (Phi) is 4.33. The summed E-state index contributed by atoms with van der Waals surface area (Å²) in [5.41, 5.74) is 2.25. The van der Waals surface area contributed by atoms with Crippen molar-refractivity contribution in [1.82, 2.24) is 0 Å². The van der Waals surface area contributed by atoms with Gasteiger partial charge in [-0.3, -0.25) is 4.79 Å². The Morgan fingerprint density at radius 2 is 1.91 bits per heavy atom. The molecule has 5 nitrogen and oxygen atoms in total. The summed E-state index contributed by atoms with van der Waals surface area (Å²) in [6, 6.07) is 3.66. The van der Waals surface area contributed by atoms with Crippen molar-refractivity contribution in [3.63, 3.8) is 0 Å². The first kappa shape index (κ1) is 16.5. The first-order chi connectivity index (χ1) is 10.1. The summed E-state index contributed by atoms with van der Waals surface area (Å²) in [6.07, 6.45) is 0.657. The van der Waals surface area contributed by atoms with E-state index in [9.17, 15) is 13.2 Å². The molecule has 1 heterocycles. The van der Waals surface area contributed by atoms with E-state index in [4.69, 9.17) is 9.15 Å². The zero-order valence-corrected chi connectivity index (χ0v) is 14.2. The molecule has 0 N–H and O–H groups in total. The summed E-state index contributed by atoms with van der Waals surface area (Å²) in [5.74, 6) is -0.370. The number of carbonyl (C=O) groups is 1. The number of carbonyl (C=O) groups excluding carboxylic acids is 1. The Morgan fingerprint density at radius 3 is 2.45 bits per heavy atom. The SMILES string of the molecule is Cc1cc(C)c2c(S(C)(=O)=O)c(CC(=O)OC(C)C)oc2c1. The van der Waals surface area contributed by atoms with E-state index < -0.39 is 15.8 Å². The second-order valence-electron chi connectivity index (χ2n) is 5.80. The van der Waals surface area contributed by atoms with Crippen LogP contribution in [-0.2, 0) is 25.8 Å². The third kappa shape index (κ3) is 3.32. The van der Waals surface area contributed by atoms with Crippen LogP contribution in [0.4, 0.5) is 0 Å². The third-order valence-electron chi connectivity index (χ3n) is 3.20. The van der Waals surface area contributed by atoms with Gasteiger partial charge < -0.3 is 9.15 Å². The first-order valence-electron chi connectivity index (χ1n) is 7.01. The Hall–Kier alpha value is -1.82. The number of fused-ring (bicyclic) bond motifs is 1. The van der Waals surface area contributed by atoms with Crippen LogP contribution in [0.2, 0.25) is 0 Å². The summed E-state index contributed by atoms with van der Waals surface area (Å²) < 4.78 is 35.1. The second kappa shape index (κ2) is 5.76. The van der Waals surface area contributed by atoms with Crippen molar-refractivity contribution < 1.29 is 22.4 Å². The van der Waals surface area contributed by atoms with E-state index >= 15 is 0 Å². The average Bonchev–Trinajstić information content (AvgIpc) is 2.65. The molecule has 1 aromatic heterocycles. The average molecular weight is 324 g/mol. The lowest BCUT2D eigenvalue weighted by atomic mass is 10.1. The van der Waals surface area contributed by atoms with Gasteiger partial charge in [-0.1, -0.05) is 6.07 Å². The van der Waals surface area contributed by atoms with Crippen LogP contribution in [0.3, 0.4) is 0 Å². The van der Waals surface area contributed by atoms with Gasteiger partial charge in [0.05, 0.1) is 6.10 Å². The van der Waals surface area contributed by atoms with E-state index in [2.05, 4.69) is 0 Å². The molecule has 0 aliphatic carbocycles. The fourth-order valence-electron chi connectivity index (χ4n) is 2.56. The van der Waals surface area contributed by atoms with Crippen LogP contribution in [-0.4, -0.2) is 26.7 Å². The van der Waals surface area contributed by atoms with Gasteiger partial charge in [-0.2, -0.15) is 0 Å². The maximum atomic E-state index is 12.2. The number of furan rings is 1. The molecule has 1 aromatic carbocycles. The molecule has 2 rings (SSSR count). The van der Waals surface area contributed by atoms with Gasteiger partial charge in [0.15, 0.2) is 9.84 Å². The van der Waals surface area contributed by atoms with Crippen molar-refractivity contribution in [3.05, 3.63) is 29.0 Å². The molecular weight excluding hydrogens is 304 g/mol. The van der Waals surface area contributed by atoms with Gasteiger partial charge in [-0.15, -0.1) is 0 Å². The summed E-state index contributed by atoms with van der Waals surface area (Å²) in [7, 11) is -3.53. The number of hydrogen-bond acceptors (Lipinski definition) is 5. The highest BCUT2D eigenvalue weighted by molar-refractivity contribution is 7.91. The minimum absolute atomic E-state index is 0.0840. The maximum absolute atomic E-state index is 12.2. The Bertz CT molecular complexity index is 828. The molecule has 0 bridgehead atoms. The number of benzene rings is 1.